The van der Waals surface area contributed by atoms with Crippen molar-refractivity contribution in [2.24, 2.45) is 11.8 Å². The van der Waals surface area contributed by atoms with Crippen molar-refractivity contribution >= 4 is 11.7 Å². The van der Waals surface area contributed by atoms with Gasteiger partial charge in [0, 0.05) is 5.69 Å². The number of anilines is 1. The summed E-state index contributed by atoms with van der Waals surface area (Å²) in [5.41, 5.74) is 3.32. The molecule has 0 aliphatic heterocycles. The van der Waals surface area contributed by atoms with Crippen molar-refractivity contribution in [1.82, 2.24) is 0 Å². The molecule has 1 aliphatic carbocycles. The van der Waals surface area contributed by atoms with Crippen molar-refractivity contribution < 1.29 is 9.90 Å². The third kappa shape index (κ3) is 3.62. The van der Waals surface area contributed by atoms with Gasteiger partial charge in [-0.05, 0) is 56.2 Å². The summed E-state index contributed by atoms with van der Waals surface area (Å²) in [6.45, 7) is 6.26. The fourth-order valence-corrected chi connectivity index (χ4v) is 3.15. The summed E-state index contributed by atoms with van der Waals surface area (Å²) in [5, 5.41) is 12.8. The van der Waals surface area contributed by atoms with Gasteiger partial charge < -0.3 is 10.4 Å². The van der Waals surface area contributed by atoms with E-state index in [1.54, 1.807) is 0 Å². The Morgan fingerprint density at radius 1 is 1.40 bits per heavy atom. The number of aryl methyl sites for hydroxylation is 1. The first kappa shape index (κ1) is 14.6. The first-order valence-corrected chi connectivity index (χ1v) is 7.19. The van der Waals surface area contributed by atoms with Crippen LogP contribution in [-0.4, -0.2) is 17.1 Å². The Labute approximate surface area is 120 Å². The average molecular weight is 273 g/mol. The minimum atomic E-state index is -0.765. The van der Waals surface area contributed by atoms with E-state index in [4.69, 9.17) is 0 Å². The van der Waals surface area contributed by atoms with Crippen LogP contribution in [0, 0.1) is 18.8 Å². The SMILES string of the molecule is CC1=CC(C)CC(C(Nc2cccc(C)c2)C(=O)O)C1. The highest BCUT2D eigenvalue weighted by molar-refractivity contribution is 5.78. The van der Waals surface area contributed by atoms with Gasteiger partial charge >= 0.3 is 5.97 Å². The number of hydrogen-bond donors (Lipinski definition) is 2. The van der Waals surface area contributed by atoms with Crippen LogP contribution in [0.15, 0.2) is 35.9 Å². The van der Waals surface area contributed by atoms with Crippen molar-refractivity contribution in [3.63, 3.8) is 0 Å². The van der Waals surface area contributed by atoms with Gasteiger partial charge in [-0.15, -0.1) is 0 Å². The van der Waals surface area contributed by atoms with Gasteiger partial charge in [0.1, 0.15) is 6.04 Å². The largest absolute Gasteiger partial charge is 0.480 e. The van der Waals surface area contributed by atoms with Gasteiger partial charge in [-0.2, -0.15) is 0 Å². The minimum absolute atomic E-state index is 0.146. The highest BCUT2D eigenvalue weighted by Gasteiger charge is 2.31. The number of allylic oxidation sites excluding steroid dienone is 2. The molecule has 0 saturated carbocycles. The quantitative estimate of drug-likeness (QED) is 0.819. The van der Waals surface area contributed by atoms with Crippen LogP contribution in [0.3, 0.4) is 0 Å². The molecule has 3 unspecified atom stereocenters. The summed E-state index contributed by atoms with van der Waals surface area (Å²) >= 11 is 0. The Hall–Kier alpha value is -1.77. The van der Waals surface area contributed by atoms with E-state index in [1.165, 1.54) is 5.57 Å². The minimum Gasteiger partial charge on any atom is -0.480 e. The van der Waals surface area contributed by atoms with E-state index in [0.29, 0.717) is 5.92 Å². The fraction of sp³-hybridized carbons (Fsp3) is 0.471. The normalized spacial score (nSPS) is 23.9. The molecule has 0 bridgehead atoms. The zero-order valence-corrected chi connectivity index (χ0v) is 12.4. The molecule has 1 aliphatic rings. The number of nitrogens with one attached hydrogen (secondary N) is 1. The van der Waals surface area contributed by atoms with Crippen molar-refractivity contribution in [2.45, 2.75) is 39.7 Å². The molecule has 0 fully saturated rings. The average Bonchev–Trinajstić information content (AvgIpc) is 2.34. The second-order valence-electron chi connectivity index (χ2n) is 6.02. The zero-order chi connectivity index (χ0) is 14.7. The van der Waals surface area contributed by atoms with Crippen LogP contribution in [0.2, 0.25) is 0 Å². The Kier molecular flexibility index (Phi) is 4.48. The van der Waals surface area contributed by atoms with Crippen molar-refractivity contribution in [2.75, 3.05) is 5.32 Å². The predicted molar refractivity (Wildman–Crippen MR) is 81.9 cm³/mol. The van der Waals surface area contributed by atoms with Crippen LogP contribution in [0.5, 0.6) is 0 Å². The number of carboxylic acid groups (broad SMARTS) is 1. The van der Waals surface area contributed by atoms with Crippen LogP contribution >= 0.6 is 0 Å². The van der Waals surface area contributed by atoms with E-state index in [2.05, 4.69) is 25.2 Å². The smallest absolute Gasteiger partial charge is 0.326 e. The Bertz CT molecular complexity index is 521. The third-order valence-electron chi connectivity index (χ3n) is 3.91. The number of benzene rings is 1. The van der Waals surface area contributed by atoms with Crippen LogP contribution in [0.4, 0.5) is 5.69 Å². The lowest BCUT2D eigenvalue weighted by Crippen LogP contribution is -2.38. The van der Waals surface area contributed by atoms with Crippen molar-refractivity contribution in [1.29, 1.82) is 0 Å². The number of carboxylic acids is 1. The van der Waals surface area contributed by atoms with Gasteiger partial charge in [0.2, 0.25) is 0 Å². The van der Waals surface area contributed by atoms with E-state index in [0.717, 1.165) is 24.1 Å². The lowest BCUT2D eigenvalue weighted by Gasteiger charge is -2.31. The van der Waals surface area contributed by atoms with Crippen LogP contribution in [0.1, 0.15) is 32.3 Å². The molecular weight excluding hydrogens is 250 g/mol. The van der Waals surface area contributed by atoms with E-state index in [1.807, 2.05) is 31.2 Å². The van der Waals surface area contributed by atoms with Crippen LogP contribution < -0.4 is 5.32 Å². The molecule has 1 aromatic carbocycles. The molecule has 3 atom stereocenters. The maximum atomic E-state index is 11.6. The molecule has 3 heteroatoms. The Balaban J connectivity index is 2.16. The molecule has 108 valence electrons. The third-order valence-corrected chi connectivity index (χ3v) is 3.91. The highest BCUT2D eigenvalue weighted by Crippen LogP contribution is 2.31. The predicted octanol–water partition coefficient (Wildman–Crippen LogP) is 3.85. The molecule has 1 aromatic rings. The number of hydrogen-bond acceptors (Lipinski definition) is 2. The molecule has 0 amide bonds. The number of rotatable bonds is 4. The summed E-state index contributed by atoms with van der Waals surface area (Å²) in [5.74, 6) is -0.165. The van der Waals surface area contributed by atoms with Gasteiger partial charge in [0.15, 0.2) is 0 Å². The molecule has 2 rings (SSSR count). The van der Waals surface area contributed by atoms with Gasteiger partial charge in [-0.1, -0.05) is 30.7 Å². The second kappa shape index (κ2) is 6.12. The molecule has 0 aromatic heterocycles. The molecule has 20 heavy (non-hydrogen) atoms. The lowest BCUT2D eigenvalue weighted by atomic mass is 9.79. The maximum absolute atomic E-state index is 11.6. The zero-order valence-electron chi connectivity index (χ0n) is 12.4. The van der Waals surface area contributed by atoms with Gasteiger partial charge in [-0.25, -0.2) is 4.79 Å². The monoisotopic (exact) mass is 273 g/mol. The molecule has 0 radical (unpaired) electrons. The lowest BCUT2D eigenvalue weighted by molar-refractivity contribution is -0.139. The van der Waals surface area contributed by atoms with E-state index >= 15 is 0 Å². The Morgan fingerprint density at radius 2 is 2.15 bits per heavy atom. The molecule has 2 N–H and O–H groups in total. The first-order valence-electron chi connectivity index (χ1n) is 7.19. The molecule has 3 nitrogen and oxygen atoms in total. The van der Waals surface area contributed by atoms with Crippen molar-refractivity contribution in [3.8, 4) is 0 Å². The van der Waals surface area contributed by atoms with E-state index < -0.39 is 12.0 Å². The van der Waals surface area contributed by atoms with Crippen LogP contribution in [0.25, 0.3) is 0 Å². The topological polar surface area (TPSA) is 49.3 Å². The summed E-state index contributed by atoms with van der Waals surface area (Å²) < 4.78 is 0. The van der Waals surface area contributed by atoms with Crippen molar-refractivity contribution in [3.05, 3.63) is 41.5 Å². The van der Waals surface area contributed by atoms with Gasteiger partial charge in [-0.3, -0.25) is 0 Å². The molecule has 0 heterocycles. The van der Waals surface area contributed by atoms with Gasteiger partial charge in [0.05, 0.1) is 0 Å². The summed E-state index contributed by atoms with van der Waals surface area (Å²) in [6, 6.07) is 7.35. The second-order valence-corrected chi connectivity index (χ2v) is 6.02. The maximum Gasteiger partial charge on any atom is 0.326 e. The molecule has 0 spiro atoms. The fourth-order valence-electron chi connectivity index (χ4n) is 3.15. The highest BCUT2D eigenvalue weighted by atomic mass is 16.4. The van der Waals surface area contributed by atoms with Crippen LogP contribution in [-0.2, 0) is 4.79 Å². The van der Waals surface area contributed by atoms with E-state index in [9.17, 15) is 9.90 Å². The first-order chi connectivity index (χ1) is 9.45. The number of carbonyl (C=O) groups is 1. The van der Waals surface area contributed by atoms with Gasteiger partial charge in [0.25, 0.3) is 0 Å². The molecular formula is C17H23NO2. The Morgan fingerprint density at radius 3 is 2.75 bits per heavy atom. The summed E-state index contributed by atoms with van der Waals surface area (Å²) in [6.07, 6.45) is 4.04. The molecule has 0 saturated heterocycles. The number of aliphatic carboxylic acids is 1. The summed E-state index contributed by atoms with van der Waals surface area (Å²) in [7, 11) is 0. The standard InChI is InChI=1S/C17H23NO2/c1-11-5-4-6-15(10-11)18-16(17(19)20)14-8-12(2)7-13(3)9-14/h4-7,10,12,14,16,18H,8-9H2,1-3H3,(H,19,20). The van der Waals surface area contributed by atoms with E-state index in [-0.39, 0.29) is 5.92 Å². The summed E-state index contributed by atoms with van der Waals surface area (Å²) in [4.78, 5) is 11.6.